The van der Waals surface area contributed by atoms with E-state index in [0.717, 1.165) is 31.9 Å². The van der Waals surface area contributed by atoms with Crippen LogP contribution in [-0.2, 0) is 7.05 Å². The number of nitrogens with one attached hydrogen (secondary N) is 1. The molecule has 3 N–H and O–H groups in total. The number of piperidine rings is 1. The number of hydrogen-bond acceptors (Lipinski definition) is 4. The van der Waals surface area contributed by atoms with Crippen molar-refractivity contribution in [3.63, 3.8) is 0 Å². The predicted molar refractivity (Wildman–Crippen MR) is 75.3 cm³/mol. The van der Waals surface area contributed by atoms with Crippen molar-refractivity contribution in [2.75, 3.05) is 31.6 Å². The first-order valence-electron chi connectivity index (χ1n) is 6.77. The fourth-order valence-corrected chi connectivity index (χ4v) is 3.01. The Morgan fingerprint density at radius 3 is 2.95 bits per heavy atom. The second-order valence-electron chi connectivity index (χ2n) is 5.28. The molecule has 0 radical (unpaired) electrons. The molecule has 106 valence electrons. The maximum absolute atomic E-state index is 11.6. The summed E-state index contributed by atoms with van der Waals surface area (Å²) in [5.41, 5.74) is 6.77. The van der Waals surface area contributed by atoms with Crippen LogP contribution in [0.5, 0.6) is 0 Å². The van der Waals surface area contributed by atoms with Gasteiger partial charge in [-0.2, -0.15) is 5.10 Å². The average Bonchev–Trinajstić information content (AvgIpc) is 2.65. The molecule has 1 aromatic heterocycles. The van der Waals surface area contributed by atoms with Crippen LogP contribution in [0.4, 0.5) is 5.82 Å². The Morgan fingerprint density at radius 1 is 1.58 bits per heavy atom. The van der Waals surface area contributed by atoms with E-state index in [1.807, 2.05) is 21.0 Å². The number of carbonyl (C=O) groups excluding carboxylic acids is 1. The number of anilines is 1. The van der Waals surface area contributed by atoms with Crippen LogP contribution < -0.4 is 16.0 Å². The molecule has 0 aromatic carbocycles. The molecule has 2 rings (SSSR count). The summed E-state index contributed by atoms with van der Waals surface area (Å²) in [6.45, 7) is 4.73. The molecule has 19 heavy (non-hydrogen) atoms. The molecule has 1 amide bonds. The van der Waals surface area contributed by atoms with Gasteiger partial charge in [0, 0.05) is 20.1 Å². The fraction of sp³-hybridized carbons (Fsp3) is 0.692. The van der Waals surface area contributed by atoms with Crippen LogP contribution in [0.2, 0.25) is 0 Å². The second-order valence-corrected chi connectivity index (χ2v) is 5.28. The van der Waals surface area contributed by atoms with Crippen molar-refractivity contribution in [3.05, 3.63) is 11.3 Å². The van der Waals surface area contributed by atoms with E-state index < -0.39 is 5.91 Å². The minimum atomic E-state index is -0.392. The van der Waals surface area contributed by atoms with Crippen LogP contribution in [0.3, 0.4) is 0 Å². The van der Waals surface area contributed by atoms with E-state index in [1.54, 1.807) is 4.68 Å². The van der Waals surface area contributed by atoms with Gasteiger partial charge in [0.15, 0.2) is 0 Å². The van der Waals surface area contributed by atoms with E-state index in [2.05, 4.69) is 15.3 Å². The number of nitrogens with two attached hydrogens (primary N) is 1. The molecule has 0 spiro atoms. The summed E-state index contributed by atoms with van der Waals surface area (Å²) in [6.07, 6.45) is 2.36. The van der Waals surface area contributed by atoms with Gasteiger partial charge in [0.2, 0.25) is 0 Å². The maximum atomic E-state index is 11.6. The minimum Gasteiger partial charge on any atom is -0.365 e. The number of rotatable bonds is 4. The SMILES string of the molecule is CNCC1CCCN(c2c(C(N)=O)c(C)nn2C)C1. The molecule has 2 heterocycles. The molecule has 0 aliphatic carbocycles. The Balaban J connectivity index is 2.28. The molecule has 1 aliphatic heterocycles. The van der Waals surface area contributed by atoms with Crippen LogP contribution >= 0.6 is 0 Å². The molecule has 1 fully saturated rings. The molecule has 1 aliphatic rings. The largest absolute Gasteiger partial charge is 0.365 e. The number of primary amides is 1. The normalized spacial score (nSPS) is 19.7. The Labute approximate surface area is 113 Å². The Bertz CT molecular complexity index is 466. The van der Waals surface area contributed by atoms with Crippen LogP contribution in [-0.4, -0.2) is 42.4 Å². The van der Waals surface area contributed by atoms with Gasteiger partial charge in [0.05, 0.1) is 5.69 Å². The van der Waals surface area contributed by atoms with Crippen molar-refractivity contribution in [1.29, 1.82) is 0 Å². The molecule has 6 heteroatoms. The summed E-state index contributed by atoms with van der Waals surface area (Å²) in [5, 5.41) is 7.56. The van der Waals surface area contributed by atoms with Gasteiger partial charge < -0.3 is 16.0 Å². The highest BCUT2D eigenvalue weighted by Crippen LogP contribution is 2.27. The Kier molecular flexibility index (Phi) is 4.09. The topological polar surface area (TPSA) is 76.2 Å². The third-order valence-electron chi connectivity index (χ3n) is 3.75. The van der Waals surface area contributed by atoms with Crippen molar-refractivity contribution in [2.45, 2.75) is 19.8 Å². The zero-order valence-corrected chi connectivity index (χ0v) is 11.9. The molecule has 6 nitrogen and oxygen atoms in total. The molecule has 0 saturated carbocycles. The Hall–Kier alpha value is -1.56. The summed E-state index contributed by atoms with van der Waals surface area (Å²) in [6, 6.07) is 0. The van der Waals surface area contributed by atoms with E-state index >= 15 is 0 Å². The monoisotopic (exact) mass is 265 g/mol. The van der Waals surface area contributed by atoms with Gasteiger partial charge in [0.25, 0.3) is 5.91 Å². The van der Waals surface area contributed by atoms with Gasteiger partial charge in [0.1, 0.15) is 11.4 Å². The third-order valence-corrected chi connectivity index (χ3v) is 3.75. The lowest BCUT2D eigenvalue weighted by Gasteiger charge is -2.34. The highest BCUT2D eigenvalue weighted by molar-refractivity contribution is 5.99. The van der Waals surface area contributed by atoms with Gasteiger partial charge >= 0.3 is 0 Å². The quantitative estimate of drug-likeness (QED) is 0.819. The van der Waals surface area contributed by atoms with E-state index in [0.29, 0.717) is 17.2 Å². The average molecular weight is 265 g/mol. The maximum Gasteiger partial charge on any atom is 0.254 e. The first-order valence-corrected chi connectivity index (χ1v) is 6.77. The first kappa shape index (κ1) is 13.9. The van der Waals surface area contributed by atoms with E-state index in [1.165, 1.54) is 6.42 Å². The summed E-state index contributed by atoms with van der Waals surface area (Å²) in [7, 11) is 3.85. The number of amides is 1. The van der Waals surface area contributed by atoms with Gasteiger partial charge in [-0.15, -0.1) is 0 Å². The summed E-state index contributed by atoms with van der Waals surface area (Å²) >= 11 is 0. The molecule has 0 bridgehead atoms. The van der Waals surface area contributed by atoms with Crippen molar-refractivity contribution in [3.8, 4) is 0 Å². The van der Waals surface area contributed by atoms with Crippen LogP contribution in [0.1, 0.15) is 28.9 Å². The highest BCUT2D eigenvalue weighted by Gasteiger charge is 2.27. The van der Waals surface area contributed by atoms with Gasteiger partial charge in [-0.05, 0) is 39.3 Å². The standard InChI is InChI=1S/C13H23N5O/c1-9-11(12(14)19)13(17(3)16-9)18-6-4-5-10(8-18)7-15-2/h10,15H,4-8H2,1-3H3,(H2,14,19). The molecule has 1 saturated heterocycles. The number of nitrogens with zero attached hydrogens (tertiary/aromatic N) is 3. The lowest BCUT2D eigenvalue weighted by molar-refractivity contribution is 0.1000. The summed E-state index contributed by atoms with van der Waals surface area (Å²) in [4.78, 5) is 13.9. The van der Waals surface area contributed by atoms with E-state index in [4.69, 9.17) is 5.73 Å². The zero-order valence-electron chi connectivity index (χ0n) is 11.9. The smallest absolute Gasteiger partial charge is 0.254 e. The third kappa shape index (κ3) is 2.73. The van der Waals surface area contributed by atoms with Crippen LogP contribution in [0.25, 0.3) is 0 Å². The van der Waals surface area contributed by atoms with Crippen molar-refractivity contribution < 1.29 is 4.79 Å². The molecular formula is C13H23N5O. The lowest BCUT2D eigenvalue weighted by atomic mass is 9.97. The van der Waals surface area contributed by atoms with E-state index in [9.17, 15) is 4.79 Å². The fourth-order valence-electron chi connectivity index (χ4n) is 3.01. The number of aromatic nitrogens is 2. The van der Waals surface area contributed by atoms with Gasteiger partial charge in [-0.25, -0.2) is 0 Å². The highest BCUT2D eigenvalue weighted by atomic mass is 16.1. The van der Waals surface area contributed by atoms with E-state index in [-0.39, 0.29) is 0 Å². The van der Waals surface area contributed by atoms with Crippen molar-refractivity contribution in [1.82, 2.24) is 15.1 Å². The van der Waals surface area contributed by atoms with Crippen molar-refractivity contribution in [2.24, 2.45) is 18.7 Å². The molecule has 1 unspecified atom stereocenters. The number of aryl methyl sites for hydroxylation is 2. The van der Waals surface area contributed by atoms with Gasteiger partial charge in [-0.1, -0.05) is 0 Å². The Morgan fingerprint density at radius 2 is 2.32 bits per heavy atom. The summed E-state index contributed by atoms with van der Waals surface area (Å²) in [5.74, 6) is 1.08. The first-order chi connectivity index (χ1) is 9.04. The molecular weight excluding hydrogens is 242 g/mol. The predicted octanol–water partition coefficient (Wildman–Crippen LogP) is 0.263. The minimum absolute atomic E-state index is 0.392. The second kappa shape index (κ2) is 5.61. The van der Waals surface area contributed by atoms with Crippen molar-refractivity contribution >= 4 is 11.7 Å². The van der Waals surface area contributed by atoms with Gasteiger partial charge in [-0.3, -0.25) is 9.48 Å². The lowest BCUT2D eigenvalue weighted by Crippen LogP contribution is -2.40. The number of carbonyl (C=O) groups is 1. The zero-order chi connectivity index (χ0) is 14.0. The molecule has 1 aromatic rings. The number of hydrogen-bond donors (Lipinski definition) is 2. The summed E-state index contributed by atoms with van der Waals surface area (Å²) < 4.78 is 1.77. The van der Waals surface area contributed by atoms with Crippen LogP contribution in [0, 0.1) is 12.8 Å². The van der Waals surface area contributed by atoms with Crippen LogP contribution in [0.15, 0.2) is 0 Å². The molecule has 1 atom stereocenters.